The first-order valence-corrected chi connectivity index (χ1v) is 41.4. The molecule has 115 heavy (non-hydrogen) atoms. The molecule has 6 unspecified atom stereocenters. The summed E-state index contributed by atoms with van der Waals surface area (Å²) >= 11 is 0. The number of fused-ring (bicyclic) bond motifs is 2. The number of amides is 6. The number of aromatic nitrogens is 4. The quantitative estimate of drug-likeness (QED) is 0.0152. The molecule has 2 aromatic carbocycles. The number of rotatable bonds is 48. The third-order valence-corrected chi connectivity index (χ3v) is 23.2. The van der Waals surface area contributed by atoms with E-state index in [0.29, 0.717) is 56.2 Å². The first kappa shape index (κ1) is 93.2. The van der Waals surface area contributed by atoms with E-state index >= 15 is 0 Å². The topological polar surface area (TPSA) is 617 Å². The van der Waals surface area contributed by atoms with Gasteiger partial charge in [0.25, 0.3) is 26.1 Å². The van der Waals surface area contributed by atoms with Crippen molar-refractivity contribution in [3.05, 3.63) is 65.6 Å². The summed E-state index contributed by atoms with van der Waals surface area (Å²) in [5.41, 5.74) is 1.54. The average molecular weight is 1690 g/mol. The second-order valence-electron chi connectivity index (χ2n) is 27.4. The minimum Gasteiger partial charge on any atom is -0.494 e. The Hall–Kier alpha value is -8.92. The summed E-state index contributed by atoms with van der Waals surface area (Å²) in [6.45, 7) is 3.31. The molecule has 8 atom stereocenters. The van der Waals surface area contributed by atoms with Gasteiger partial charge in [0.15, 0.2) is 17.2 Å². The molecule has 44 nitrogen and oxygen atoms in total. The van der Waals surface area contributed by atoms with Crippen LogP contribution in [0.2, 0.25) is 0 Å². The van der Waals surface area contributed by atoms with Crippen molar-refractivity contribution in [2.24, 2.45) is 5.92 Å². The number of aromatic amines is 1. The van der Waals surface area contributed by atoms with Gasteiger partial charge in [0.1, 0.15) is 29.2 Å². The van der Waals surface area contributed by atoms with Crippen LogP contribution in [0.25, 0.3) is 10.9 Å². The summed E-state index contributed by atoms with van der Waals surface area (Å²) in [7, 11) is -15.1. The van der Waals surface area contributed by atoms with E-state index in [4.69, 9.17) is 28.4 Å². The molecule has 1 aliphatic carbocycles. The maximum Gasteiger partial charge on any atom is 0.407 e. The lowest BCUT2D eigenvalue weighted by atomic mass is 9.72. The standard InChI is InChI=1S/C68H103N15O29S3/c1-44-35-48(36-45(2)60(44)113(99,100)78-50(64(94)95)40-75-62(92)46-8-10-51-47(37-46)39-76-83(51)18-4-12-72-66-73-15-16-74-66)110-29-3-7-53(84)69-13-5-27-107-31-33-109-34-32-108-28-6-14-71-63(93)49(9-11-54(85)70-17-30-111-65-59(91)61(114(101,102)103)58-52(112-65)38-68(58,98)115(104,105)106)77-55(86)41-79-19-20-80(42-56(87)88)21-22-81(43-57(89)90)24-26-82(25-23-79)67(96)97/h8,10,15-16,35-37,39,49-50,52,58-59,61,65,78,91,98H,3-7,9,11-14,17-34,38,40-43H2,1-2H3,(H,69,84)(H,70,85)(H,71,93)(H,75,92)(H,77,86)(H,87,88)(H,89,90)(H,94,95)(H,96,97)(H2,72,73,74)(H,101,102,103)(H,104,105,106)/t49-,50+,52?,58?,59?,61?,65?,68?/m1/s1. The Balaban J connectivity index is 0.767. The molecule has 0 radical (unpaired) electrons. The number of aliphatic hydroxyl groups excluding tert-OH is 1. The number of carboxylic acid groups (broad SMARTS) is 4. The molecule has 7 rings (SSSR count). The number of aliphatic hydroxyl groups is 2. The van der Waals surface area contributed by atoms with Crippen LogP contribution in [-0.2, 0) is 94.1 Å². The fourth-order valence-corrected chi connectivity index (χ4v) is 17.0. The van der Waals surface area contributed by atoms with Crippen LogP contribution in [0.15, 0.2) is 53.8 Å². The maximum atomic E-state index is 13.8. The number of anilines is 1. The van der Waals surface area contributed by atoms with Crippen LogP contribution >= 0.6 is 0 Å². The predicted molar refractivity (Wildman–Crippen MR) is 403 cm³/mol. The second-order valence-corrected chi connectivity index (χ2v) is 32.3. The normalized spacial score (nSPS) is 19.9. The van der Waals surface area contributed by atoms with Gasteiger partial charge in [-0.1, -0.05) is 0 Å². The highest BCUT2D eigenvalue weighted by Gasteiger charge is 2.71. The summed E-state index contributed by atoms with van der Waals surface area (Å²) in [4.78, 5) is 124. The highest BCUT2D eigenvalue weighted by atomic mass is 32.2. The van der Waals surface area contributed by atoms with E-state index in [9.17, 15) is 108 Å². The molecule has 642 valence electrons. The van der Waals surface area contributed by atoms with Crippen molar-refractivity contribution < 1.29 is 137 Å². The van der Waals surface area contributed by atoms with E-state index in [1.165, 1.54) is 35.8 Å². The monoisotopic (exact) mass is 1690 g/mol. The zero-order chi connectivity index (χ0) is 84.0. The number of hydrogen-bond acceptors (Lipinski definition) is 29. The summed E-state index contributed by atoms with van der Waals surface area (Å²) in [6.07, 6.45) is -1.47. The Bertz CT molecular complexity index is 4260. The van der Waals surface area contributed by atoms with Crippen molar-refractivity contribution in [1.29, 1.82) is 0 Å². The molecule has 6 amide bonds. The minimum absolute atomic E-state index is 0.00419. The van der Waals surface area contributed by atoms with E-state index in [-0.39, 0.29) is 152 Å². The smallest absolute Gasteiger partial charge is 0.407 e. The van der Waals surface area contributed by atoms with Crippen molar-refractivity contribution in [2.45, 2.75) is 117 Å². The summed E-state index contributed by atoms with van der Waals surface area (Å²) in [5.74, 6) is -7.88. The molecule has 0 bridgehead atoms. The molecule has 4 aromatic rings. The highest BCUT2D eigenvalue weighted by Crippen LogP contribution is 2.52. The van der Waals surface area contributed by atoms with E-state index in [1.54, 1.807) is 46.4 Å². The number of aliphatic carboxylic acids is 3. The molecule has 2 saturated heterocycles. The Morgan fingerprint density at radius 1 is 0.670 bits per heavy atom. The lowest BCUT2D eigenvalue weighted by molar-refractivity contribution is -0.300. The SMILES string of the molecule is Cc1cc(OCCCC(=O)NCCCOCCOCCOCCCNC(=O)[C@@H](CCC(=O)NCCOC2OC3CC(O)(S(=O)(=O)O)C3C(S(=O)(=O)O)C2O)NC(=O)CN2CCN(CC(=O)O)CCN(CC(=O)O)CCN(C(=O)O)CC2)cc(C)c1S(=O)(=O)N[C@@H](CNC(=O)c1ccc2c(cnn2CCCNc2ncc[nH]2)c1)C(=O)O. The van der Waals surface area contributed by atoms with Gasteiger partial charge in [-0.2, -0.15) is 26.7 Å². The molecule has 1 saturated carbocycles. The molecule has 4 heterocycles. The van der Waals surface area contributed by atoms with Crippen LogP contribution in [0, 0.1) is 19.8 Å². The lowest BCUT2D eigenvalue weighted by Gasteiger charge is -2.56. The zero-order valence-corrected chi connectivity index (χ0v) is 66.0. The zero-order valence-electron chi connectivity index (χ0n) is 63.5. The summed E-state index contributed by atoms with van der Waals surface area (Å²) < 4.78 is 133. The first-order chi connectivity index (χ1) is 54.5. The number of benzene rings is 2. The number of sulfonamides is 1. The van der Waals surface area contributed by atoms with Gasteiger partial charge in [0.05, 0.1) is 87.9 Å². The van der Waals surface area contributed by atoms with E-state index < -0.39 is 170 Å². The fraction of sp³-hybridized carbons (Fsp3) is 0.632. The molecule has 3 fully saturated rings. The number of aryl methyl sites for hydroxylation is 3. The van der Waals surface area contributed by atoms with Gasteiger partial charge in [0.2, 0.25) is 33.7 Å². The Morgan fingerprint density at radius 2 is 1.26 bits per heavy atom. The van der Waals surface area contributed by atoms with Gasteiger partial charge in [0, 0.05) is 147 Å². The fourth-order valence-electron chi connectivity index (χ4n) is 13.0. The van der Waals surface area contributed by atoms with E-state index in [0.717, 1.165) is 16.8 Å². The average Bonchev–Trinajstić information content (AvgIpc) is 1.16. The van der Waals surface area contributed by atoms with Crippen molar-refractivity contribution in [3.8, 4) is 5.75 Å². The number of carbonyl (C=O) groups is 9. The van der Waals surface area contributed by atoms with Crippen molar-refractivity contribution >= 4 is 101 Å². The Morgan fingerprint density at radius 3 is 1.84 bits per heavy atom. The third kappa shape index (κ3) is 29.6. The Labute approximate surface area is 662 Å². The molecule has 0 spiro atoms. The van der Waals surface area contributed by atoms with Gasteiger partial charge in [-0.05, 0) is 87.4 Å². The number of carbonyl (C=O) groups excluding carboxylic acids is 5. The lowest BCUT2D eigenvalue weighted by Crippen LogP contribution is -2.74. The number of imidazole rings is 1. The molecule has 2 aliphatic heterocycles. The van der Waals surface area contributed by atoms with Crippen LogP contribution in [0.4, 0.5) is 10.7 Å². The maximum absolute atomic E-state index is 13.8. The second kappa shape index (κ2) is 45.0. The van der Waals surface area contributed by atoms with E-state index in [1.807, 2.05) is 0 Å². The molecule has 16 N–H and O–H groups in total. The van der Waals surface area contributed by atoms with Gasteiger partial charge in [-0.3, -0.25) is 66.8 Å². The molecule has 3 aliphatic rings. The Kier molecular flexibility index (Phi) is 36.5. The van der Waals surface area contributed by atoms with Crippen molar-refractivity contribution in [3.63, 3.8) is 0 Å². The molecule has 2 aromatic heterocycles. The van der Waals surface area contributed by atoms with Crippen LogP contribution in [0.1, 0.15) is 72.9 Å². The van der Waals surface area contributed by atoms with Gasteiger partial charge >= 0.3 is 24.0 Å². The number of carboxylic acids is 3. The number of H-pyrrole nitrogens is 1. The molecule has 47 heteroatoms. The summed E-state index contributed by atoms with van der Waals surface area (Å²) in [5, 5.41) is 79.4. The van der Waals surface area contributed by atoms with Crippen LogP contribution in [-0.4, -0.2) is 356 Å². The van der Waals surface area contributed by atoms with Gasteiger partial charge in [-0.25, -0.2) is 18.2 Å². The number of ether oxygens (including phenoxy) is 6. The number of nitrogens with zero attached hydrogens (tertiary/aromatic N) is 7. The highest BCUT2D eigenvalue weighted by molar-refractivity contribution is 7.89. The van der Waals surface area contributed by atoms with Gasteiger partial charge in [-0.15, -0.1) is 0 Å². The predicted octanol–water partition coefficient (Wildman–Crippen LogP) is -3.33. The third-order valence-electron chi connectivity index (χ3n) is 18.8. The number of hydrogen-bond donors (Lipinski definition) is 16. The van der Waals surface area contributed by atoms with Crippen molar-refractivity contribution in [1.82, 2.24) is 70.7 Å². The van der Waals surface area contributed by atoms with E-state index in [2.05, 4.69) is 51.7 Å². The number of nitrogens with one attached hydrogen (secondary N) is 8. The minimum atomic E-state index is -5.32. The van der Waals surface area contributed by atoms with Gasteiger partial charge < -0.3 is 101 Å². The van der Waals surface area contributed by atoms with Crippen molar-refractivity contribution in [2.75, 3.05) is 163 Å². The summed E-state index contributed by atoms with van der Waals surface area (Å²) in [6, 6.07) is 4.79. The van der Waals surface area contributed by atoms with Crippen LogP contribution in [0.3, 0.4) is 0 Å². The first-order valence-electron chi connectivity index (χ1n) is 37.0. The molecular formula is C68H103N15O29S3. The molecular weight excluding hydrogens is 1590 g/mol. The van der Waals surface area contributed by atoms with Crippen LogP contribution in [0.5, 0.6) is 5.75 Å². The largest absolute Gasteiger partial charge is 0.494 e. The van der Waals surface area contributed by atoms with Crippen LogP contribution < -0.4 is 41.4 Å².